The van der Waals surface area contributed by atoms with E-state index in [1.165, 1.54) is 10.8 Å². The summed E-state index contributed by atoms with van der Waals surface area (Å²) in [5.74, 6) is -0.265. The fraction of sp³-hybridized carbons (Fsp3) is 0.455. The molecule has 0 aromatic carbocycles. The number of nitrogens with zero attached hydrogens (tertiary/aromatic N) is 7. The van der Waals surface area contributed by atoms with Gasteiger partial charge >= 0.3 is 7.60 Å². The summed E-state index contributed by atoms with van der Waals surface area (Å²) >= 11 is 0. The summed E-state index contributed by atoms with van der Waals surface area (Å²) in [5.41, 5.74) is 9.03. The van der Waals surface area contributed by atoms with Crippen molar-refractivity contribution in [3.05, 3.63) is 34.8 Å². The molecule has 10 N–H and O–H groups in total. The summed E-state index contributed by atoms with van der Waals surface area (Å²) in [4.78, 5) is 41.4. The van der Waals surface area contributed by atoms with Gasteiger partial charge in [0.15, 0.2) is 23.6 Å². The van der Waals surface area contributed by atoms with E-state index in [2.05, 4.69) is 24.9 Å². The fourth-order valence-corrected chi connectivity index (χ4v) is 6.99. The van der Waals surface area contributed by atoms with Crippen LogP contribution in [0.25, 0.3) is 22.2 Å². The SMILES string of the molecule is N#Cc1cn([C@@H]2O[C@H](COP(=O)(O)[C@@H]3[C@H](O)[C@@H](CO)O[C@H]3n3cnc4c(=O)[nH]c(N)nc43)[C@@H](O)[C@H]2O)c2ncnc(N)c12. The van der Waals surface area contributed by atoms with E-state index in [1.54, 1.807) is 0 Å². The number of hydrogen-bond donors (Lipinski definition) is 8. The number of nitrogens with one attached hydrogen (secondary N) is 1. The Kier molecular flexibility index (Phi) is 7.16. The summed E-state index contributed by atoms with van der Waals surface area (Å²) in [6, 6.07) is 1.95. The van der Waals surface area contributed by atoms with Crippen LogP contribution in [-0.4, -0.2) is 109 Å². The van der Waals surface area contributed by atoms with E-state index < -0.39 is 75.0 Å². The first kappa shape index (κ1) is 29.1. The summed E-state index contributed by atoms with van der Waals surface area (Å²) in [7, 11) is -4.92. The second-order valence-electron chi connectivity index (χ2n) is 9.93. The predicted octanol–water partition coefficient (Wildman–Crippen LogP) is -2.96. The van der Waals surface area contributed by atoms with E-state index in [9.17, 15) is 39.9 Å². The Morgan fingerprint density at radius 1 is 1.07 bits per heavy atom. The third kappa shape index (κ3) is 4.63. The molecule has 2 saturated heterocycles. The van der Waals surface area contributed by atoms with Crippen LogP contribution >= 0.6 is 7.60 Å². The van der Waals surface area contributed by atoms with Gasteiger partial charge in [0.05, 0.1) is 30.5 Å². The third-order valence-corrected chi connectivity index (χ3v) is 9.25. The van der Waals surface area contributed by atoms with Crippen molar-refractivity contribution in [2.24, 2.45) is 0 Å². The molecular formula is C22H25N10O10P. The van der Waals surface area contributed by atoms with E-state index in [0.717, 1.165) is 17.2 Å². The van der Waals surface area contributed by atoms with Crippen LogP contribution in [0.15, 0.2) is 23.6 Å². The number of anilines is 2. The number of nitrogen functional groups attached to an aromatic ring is 2. The number of H-pyrrole nitrogens is 1. The van der Waals surface area contributed by atoms with E-state index in [1.807, 2.05) is 6.07 Å². The first-order chi connectivity index (χ1) is 20.5. The van der Waals surface area contributed by atoms with Crippen molar-refractivity contribution in [2.45, 2.75) is 48.6 Å². The van der Waals surface area contributed by atoms with Gasteiger partial charge in [-0.25, -0.2) is 15.0 Å². The molecule has 0 spiro atoms. The van der Waals surface area contributed by atoms with Crippen molar-refractivity contribution in [3.8, 4) is 6.07 Å². The number of aromatic nitrogens is 7. The van der Waals surface area contributed by atoms with Gasteiger partial charge in [0.25, 0.3) is 5.56 Å². The van der Waals surface area contributed by atoms with Crippen molar-refractivity contribution in [3.63, 3.8) is 0 Å². The molecular weight excluding hydrogens is 595 g/mol. The van der Waals surface area contributed by atoms with E-state index in [0.29, 0.717) is 0 Å². The van der Waals surface area contributed by atoms with Crippen molar-refractivity contribution in [1.82, 2.24) is 34.1 Å². The van der Waals surface area contributed by atoms with Gasteiger partial charge in [-0.15, -0.1) is 0 Å². The van der Waals surface area contributed by atoms with Crippen LogP contribution < -0.4 is 17.0 Å². The lowest BCUT2D eigenvalue weighted by Gasteiger charge is -2.27. The standard InChI is InChI=1S/C22H25N10O10P/c23-1-7-2-31(17-10(7)16(24)26-5-27-17)20-14(36)12(34)9(42-20)4-40-43(38,39)15-13(35)8(3-33)41-21(15)32-6-28-11-18(32)29-22(25)30-19(11)37/h2,5-6,8-9,12-15,20-21,33-36H,3-4H2,(H,38,39)(H2,24,26,27)(H3,25,29,30,37)/t8-,9-,12-,13-,14-,15-,20-,21-/m1/s1. The first-order valence-electron chi connectivity index (χ1n) is 12.6. The summed E-state index contributed by atoms with van der Waals surface area (Å²) in [6.07, 6.45) is -6.93. The Hall–Kier alpha value is -4.03. The molecule has 20 nitrogen and oxygen atoms in total. The fourth-order valence-electron chi connectivity index (χ4n) is 5.34. The van der Waals surface area contributed by atoms with Gasteiger partial charge in [0.2, 0.25) is 5.95 Å². The number of nitrogens with two attached hydrogens (primary N) is 2. The van der Waals surface area contributed by atoms with Gasteiger partial charge in [-0.05, 0) is 0 Å². The molecule has 228 valence electrons. The maximum absolute atomic E-state index is 13.6. The highest BCUT2D eigenvalue weighted by Crippen LogP contribution is 2.57. The second kappa shape index (κ2) is 10.6. The second-order valence-corrected chi connectivity index (χ2v) is 11.9. The molecule has 6 rings (SSSR count). The Labute approximate surface area is 239 Å². The van der Waals surface area contributed by atoms with Crippen molar-refractivity contribution in [2.75, 3.05) is 24.7 Å². The Balaban J connectivity index is 1.26. The lowest BCUT2D eigenvalue weighted by atomic mass is 10.1. The number of aliphatic hydroxyl groups excluding tert-OH is 4. The number of rotatable bonds is 7. The molecule has 2 fully saturated rings. The van der Waals surface area contributed by atoms with Crippen LogP contribution in [0.3, 0.4) is 0 Å². The first-order valence-corrected chi connectivity index (χ1v) is 14.3. The van der Waals surface area contributed by atoms with Crippen LogP contribution in [0, 0.1) is 11.3 Å². The molecule has 1 unspecified atom stereocenters. The molecule has 4 aromatic rings. The monoisotopic (exact) mass is 620 g/mol. The molecule has 0 saturated carbocycles. The minimum Gasteiger partial charge on any atom is -0.394 e. The van der Waals surface area contributed by atoms with Crippen molar-refractivity contribution in [1.29, 1.82) is 5.26 Å². The molecule has 21 heteroatoms. The minimum atomic E-state index is -4.92. The smallest absolute Gasteiger partial charge is 0.338 e. The highest BCUT2D eigenvalue weighted by Gasteiger charge is 2.56. The van der Waals surface area contributed by atoms with Crippen LogP contribution in [0.5, 0.6) is 0 Å². The molecule has 0 amide bonds. The number of ether oxygens (including phenoxy) is 2. The third-order valence-electron chi connectivity index (χ3n) is 7.41. The molecule has 6 heterocycles. The zero-order valence-corrected chi connectivity index (χ0v) is 22.7. The van der Waals surface area contributed by atoms with Gasteiger partial charge in [-0.1, -0.05) is 0 Å². The molecule has 2 aliphatic rings. The van der Waals surface area contributed by atoms with Gasteiger partial charge in [-0.3, -0.25) is 18.9 Å². The predicted molar refractivity (Wildman–Crippen MR) is 142 cm³/mol. The summed E-state index contributed by atoms with van der Waals surface area (Å²) in [6.45, 7) is -1.49. The molecule has 0 radical (unpaired) electrons. The van der Waals surface area contributed by atoms with Crippen LogP contribution in [0.4, 0.5) is 11.8 Å². The van der Waals surface area contributed by atoms with E-state index >= 15 is 0 Å². The highest BCUT2D eigenvalue weighted by molar-refractivity contribution is 7.53. The Morgan fingerprint density at radius 2 is 1.81 bits per heavy atom. The molecule has 0 aliphatic carbocycles. The highest BCUT2D eigenvalue weighted by atomic mass is 31.2. The molecule has 4 aromatic heterocycles. The Bertz CT molecular complexity index is 1850. The van der Waals surface area contributed by atoms with Crippen molar-refractivity contribution < 1.29 is 43.9 Å². The largest absolute Gasteiger partial charge is 0.394 e. The quantitative estimate of drug-likeness (QED) is 0.0957. The molecule has 9 atom stereocenters. The van der Waals surface area contributed by atoms with E-state index in [-0.39, 0.29) is 39.5 Å². The number of fused-ring (bicyclic) bond motifs is 2. The van der Waals surface area contributed by atoms with Gasteiger partial charge < -0.3 is 55.4 Å². The number of hydrogen-bond acceptors (Lipinski definition) is 16. The normalized spacial score (nSPS) is 30.6. The van der Waals surface area contributed by atoms with Crippen LogP contribution in [0.1, 0.15) is 18.0 Å². The lowest BCUT2D eigenvalue weighted by molar-refractivity contribution is -0.0494. The molecule has 2 aliphatic heterocycles. The zero-order valence-electron chi connectivity index (χ0n) is 21.8. The topological polar surface area (TPSA) is 316 Å². The van der Waals surface area contributed by atoms with Gasteiger partial charge in [-0.2, -0.15) is 10.2 Å². The average molecular weight is 620 g/mol. The molecule has 0 bridgehead atoms. The van der Waals surface area contributed by atoms with Crippen molar-refractivity contribution >= 4 is 41.6 Å². The van der Waals surface area contributed by atoms with Gasteiger partial charge in [0, 0.05) is 6.20 Å². The summed E-state index contributed by atoms with van der Waals surface area (Å²) in [5, 5.41) is 51.8. The number of aromatic amines is 1. The average Bonchev–Trinajstić information content (AvgIpc) is 3.71. The molecule has 43 heavy (non-hydrogen) atoms. The number of nitriles is 1. The lowest BCUT2D eigenvalue weighted by Crippen LogP contribution is -2.36. The van der Waals surface area contributed by atoms with Crippen LogP contribution in [-0.2, 0) is 18.6 Å². The number of imidazole rings is 1. The number of aliphatic hydroxyl groups is 4. The Morgan fingerprint density at radius 3 is 2.53 bits per heavy atom. The zero-order chi connectivity index (χ0) is 30.8. The summed E-state index contributed by atoms with van der Waals surface area (Å²) < 4.78 is 32.7. The minimum absolute atomic E-state index is 0.00989. The van der Waals surface area contributed by atoms with Crippen LogP contribution in [0.2, 0.25) is 0 Å². The maximum Gasteiger partial charge on any atom is 0.338 e. The maximum atomic E-state index is 13.6. The van der Waals surface area contributed by atoms with Gasteiger partial charge in [0.1, 0.15) is 60.0 Å². The van der Waals surface area contributed by atoms with E-state index in [4.69, 9.17) is 25.5 Å².